The molecule has 0 aromatic carbocycles. The van der Waals surface area contributed by atoms with E-state index < -0.39 is 12.5 Å². The molecule has 0 radical (unpaired) electrons. The third kappa shape index (κ3) is 3.12. The molecule has 2 heterocycles. The highest BCUT2D eigenvalue weighted by atomic mass is 19.4. The van der Waals surface area contributed by atoms with E-state index in [1.807, 2.05) is 0 Å². The Hall–Kier alpha value is -1.15. The van der Waals surface area contributed by atoms with Crippen LogP contribution in [-0.2, 0) is 9.47 Å². The zero-order valence-electron chi connectivity index (χ0n) is 10.8. The smallest absolute Gasteiger partial charge is 0.372 e. The van der Waals surface area contributed by atoms with Gasteiger partial charge in [0, 0.05) is 6.61 Å². The molecule has 1 aromatic rings. The van der Waals surface area contributed by atoms with Gasteiger partial charge in [0.25, 0.3) is 0 Å². The van der Waals surface area contributed by atoms with Crippen molar-refractivity contribution >= 4 is 0 Å². The third-order valence-corrected chi connectivity index (χ3v) is 3.78. The number of rotatable bonds is 3. The van der Waals surface area contributed by atoms with Crippen LogP contribution >= 0.6 is 0 Å². The van der Waals surface area contributed by atoms with Crippen molar-refractivity contribution in [2.45, 2.75) is 56.7 Å². The van der Waals surface area contributed by atoms with Crippen LogP contribution in [-0.4, -0.2) is 34.1 Å². The predicted octanol–water partition coefficient (Wildman–Crippen LogP) is 2.76. The van der Waals surface area contributed by atoms with Crippen molar-refractivity contribution in [3.8, 4) is 0 Å². The molecule has 5 nitrogen and oxygen atoms in total. The van der Waals surface area contributed by atoms with E-state index in [1.54, 1.807) is 10.9 Å². The molecule has 3 rings (SSSR count). The van der Waals surface area contributed by atoms with Gasteiger partial charge in [0.1, 0.15) is 11.8 Å². The molecule has 1 saturated carbocycles. The topological polar surface area (TPSA) is 49.2 Å². The summed E-state index contributed by atoms with van der Waals surface area (Å²) in [4.78, 5) is 0. The lowest BCUT2D eigenvalue weighted by Crippen LogP contribution is -2.37. The van der Waals surface area contributed by atoms with E-state index >= 15 is 0 Å². The van der Waals surface area contributed by atoms with E-state index in [0.29, 0.717) is 12.8 Å². The van der Waals surface area contributed by atoms with Gasteiger partial charge in [0.2, 0.25) is 0 Å². The van der Waals surface area contributed by atoms with Crippen LogP contribution in [0.3, 0.4) is 0 Å². The van der Waals surface area contributed by atoms with Crippen LogP contribution in [0.5, 0.6) is 0 Å². The van der Waals surface area contributed by atoms with Crippen molar-refractivity contribution in [2.75, 3.05) is 6.61 Å². The summed E-state index contributed by atoms with van der Waals surface area (Å²) in [7, 11) is 0. The fraction of sp³-hybridized carbons (Fsp3) is 0.833. The lowest BCUT2D eigenvalue weighted by molar-refractivity contribution is -0.353. The lowest BCUT2D eigenvalue weighted by Gasteiger charge is -2.34. The predicted molar refractivity (Wildman–Crippen MR) is 61.8 cm³/mol. The van der Waals surface area contributed by atoms with Crippen LogP contribution in [0.25, 0.3) is 0 Å². The van der Waals surface area contributed by atoms with Crippen molar-refractivity contribution < 1.29 is 22.6 Å². The molecule has 0 bridgehead atoms. The average Bonchev–Trinajstić information content (AvgIpc) is 2.82. The van der Waals surface area contributed by atoms with Gasteiger partial charge in [-0.25, -0.2) is 4.68 Å². The van der Waals surface area contributed by atoms with Crippen molar-refractivity contribution in [2.24, 2.45) is 0 Å². The quantitative estimate of drug-likeness (QED) is 0.859. The third-order valence-electron chi connectivity index (χ3n) is 3.78. The Labute approximate surface area is 114 Å². The van der Waals surface area contributed by atoms with Crippen molar-refractivity contribution in [3.63, 3.8) is 0 Å². The summed E-state index contributed by atoms with van der Waals surface area (Å²) in [5.41, 5.74) is 0.768. The molecule has 1 saturated heterocycles. The van der Waals surface area contributed by atoms with Crippen molar-refractivity contribution in [1.29, 1.82) is 0 Å². The molecular formula is C12H16F3N3O2. The van der Waals surface area contributed by atoms with Gasteiger partial charge < -0.3 is 4.74 Å². The maximum Gasteiger partial charge on any atom is 0.522 e. The highest BCUT2D eigenvalue weighted by Gasteiger charge is 2.41. The molecule has 1 aromatic heterocycles. The second-order valence-corrected chi connectivity index (χ2v) is 5.29. The molecule has 0 spiro atoms. The van der Waals surface area contributed by atoms with Gasteiger partial charge in [0.15, 0.2) is 0 Å². The first kappa shape index (κ1) is 13.8. The van der Waals surface area contributed by atoms with Gasteiger partial charge in [-0.05, 0) is 32.1 Å². The number of ether oxygens (including phenoxy) is 2. The normalized spacial score (nSPS) is 31.1. The molecule has 112 valence electrons. The van der Waals surface area contributed by atoms with E-state index in [0.717, 1.165) is 31.6 Å². The Morgan fingerprint density at radius 1 is 1.30 bits per heavy atom. The Balaban J connectivity index is 1.53. The van der Waals surface area contributed by atoms with Gasteiger partial charge in [-0.3, -0.25) is 4.74 Å². The van der Waals surface area contributed by atoms with Crippen LogP contribution < -0.4 is 0 Å². The van der Waals surface area contributed by atoms with Gasteiger partial charge in [-0.1, -0.05) is 5.21 Å². The SMILES string of the molecule is FC(F)(F)OC1CC(n2cc(C3CCCCO3)nn2)C1. The van der Waals surface area contributed by atoms with Crippen LogP contribution in [0.4, 0.5) is 13.2 Å². The van der Waals surface area contributed by atoms with E-state index in [2.05, 4.69) is 15.0 Å². The second-order valence-electron chi connectivity index (χ2n) is 5.29. The van der Waals surface area contributed by atoms with Gasteiger partial charge >= 0.3 is 6.36 Å². The summed E-state index contributed by atoms with van der Waals surface area (Å²) in [5.74, 6) is 0. The number of nitrogens with zero attached hydrogens (tertiary/aromatic N) is 3. The second kappa shape index (κ2) is 5.33. The largest absolute Gasteiger partial charge is 0.522 e. The fourth-order valence-corrected chi connectivity index (χ4v) is 2.63. The van der Waals surface area contributed by atoms with E-state index in [-0.39, 0.29) is 12.1 Å². The highest BCUT2D eigenvalue weighted by Crippen LogP contribution is 2.38. The molecular weight excluding hydrogens is 275 g/mol. The minimum absolute atomic E-state index is 0.0280. The first-order valence-corrected chi connectivity index (χ1v) is 6.79. The first-order valence-electron chi connectivity index (χ1n) is 6.79. The van der Waals surface area contributed by atoms with Gasteiger partial charge in [-0.2, -0.15) is 0 Å². The van der Waals surface area contributed by atoms with E-state index in [4.69, 9.17) is 4.74 Å². The van der Waals surface area contributed by atoms with Crippen LogP contribution in [0.1, 0.15) is 49.9 Å². The van der Waals surface area contributed by atoms with Crippen LogP contribution in [0.2, 0.25) is 0 Å². The standard InChI is InChI=1S/C12H16F3N3O2/c13-12(14,15)20-9-5-8(6-9)18-7-10(16-17-18)11-3-1-2-4-19-11/h7-9,11H,1-6H2. The summed E-state index contributed by atoms with van der Waals surface area (Å²) in [6.07, 6.45) is 0.138. The summed E-state index contributed by atoms with van der Waals surface area (Å²) < 4.78 is 47.3. The number of hydrogen-bond donors (Lipinski definition) is 0. The maximum absolute atomic E-state index is 12.0. The molecule has 8 heteroatoms. The highest BCUT2D eigenvalue weighted by molar-refractivity contribution is 5.01. The van der Waals surface area contributed by atoms with E-state index in [9.17, 15) is 13.2 Å². The fourth-order valence-electron chi connectivity index (χ4n) is 2.63. The molecule has 1 aliphatic carbocycles. The molecule has 20 heavy (non-hydrogen) atoms. The minimum atomic E-state index is -4.56. The molecule has 1 unspecified atom stereocenters. The molecule has 1 atom stereocenters. The van der Waals surface area contributed by atoms with Gasteiger partial charge in [-0.15, -0.1) is 18.3 Å². The Kier molecular flexibility index (Phi) is 3.68. The Bertz CT molecular complexity index is 451. The summed E-state index contributed by atoms with van der Waals surface area (Å²) in [5, 5.41) is 8.06. The van der Waals surface area contributed by atoms with Crippen LogP contribution in [0.15, 0.2) is 6.20 Å². The Morgan fingerprint density at radius 2 is 2.10 bits per heavy atom. The minimum Gasteiger partial charge on any atom is -0.372 e. The molecule has 0 amide bonds. The van der Waals surface area contributed by atoms with E-state index in [1.165, 1.54) is 0 Å². The molecule has 2 fully saturated rings. The maximum atomic E-state index is 12.0. The number of hydrogen-bond acceptors (Lipinski definition) is 4. The summed E-state index contributed by atoms with van der Waals surface area (Å²) in [6.45, 7) is 0.725. The Morgan fingerprint density at radius 3 is 2.75 bits per heavy atom. The zero-order chi connectivity index (χ0) is 14.2. The van der Waals surface area contributed by atoms with Crippen molar-refractivity contribution in [1.82, 2.24) is 15.0 Å². The average molecular weight is 291 g/mol. The number of aromatic nitrogens is 3. The zero-order valence-corrected chi connectivity index (χ0v) is 10.8. The molecule has 0 N–H and O–H groups in total. The monoisotopic (exact) mass is 291 g/mol. The number of alkyl halides is 3. The van der Waals surface area contributed by atoms with Crippen LogP contribution in [0, 0.1) is 0 Å². The molecule has 1 aliphatic heterocycles. The van der Waals surface area contributed by atoms with Crippen molar-refractivity contribution in [3.05, 3.63) is 11.9 Å². The van der Waals surface area contributed by atoms with Gasteiger partial charge in [0.05, 0.1) is 18.3 Å². The summed E-state index contributed by atoms with van der Waals surface area (Å²) in [6, 6.07) is -0.0628. The number of halogens is 3. The molecule has 2 aliphatic rings. The summed E-state index contributed by atoms with van der Waals surface area (Å²) >= 11 is 0. The lowest BCUT2D eigenvalue weighted by atomic mass is 9.89. The first-order chi connectivity index (χ1) is 9.51.